The molecular formula is C28H44N4O6S. The van der Waals surface area contributed by atoms with Crippen molar-refractivity contribution >= 4 is 21.6 Å². The van der Waals surface area contributed by atoms with E-state index < -0.39 is 34.4 Å². The zero-order valence-electron chi connectivity index (χ0n) is 23.7. The smallest absolute Gasteiger partial charge is 0.240 e. The highest BCUT2D eigenvalue weighted by atomic mass is 32.2. The first-order chi connectivity index (χ1) is 18.3. The molecule has 3 saturated carbocycles. The lowest BCUT2D eigenvalue weighted by Gasteiger charge is -2.62. The fourth-order valence-electron chi connectivity index (χ4n) is 7.48. The maximum Gasteiger partial charge on any atom is 0.240 e. The van der Waals surface area contributed by atoms with Crippen LogP contribution in [0.4, 0.5) is 5.69 Å². The normalized spacial score (nSPS) is 35.9. The summed E-state index contributed by atoms with van der Waals surface area (Å²) in [5, 5.41) is 26.0. The summed E-state index contributed by atoms with van der Waals surface area (Å²) in [6.07, 6.45) is 1.17. The second-order valence-electron chi connectivity index (χ2n) is 12.7. The number of rotatable bonds is 7. The first-order valence-electron chi connectivity index (χ1n) is 14.2. The van der Waals surface area contributed by atoms with Gasteiger partial charge in [0.05, 0.1) is 24.8 Å². The van der Waals surface area contributed by atoms with E-state index in [1.54, 1.807) is 6.92 Å². The Morgan fingerprint density at radius 1 is 1.21 bits per heavy atom. The van der Waals surface area contributed by atoms with Crippen LogP contribution in [0.2, 0.25) is 0 Å². The van der Waals surface area contributed by atoms with E-state index in [9.17, 15) is 23.4 Å². The van der Waals surface area contributed by atoms with Crippen LogP contribution in [-0.2, 0) is 26.2 Å². The number of benzene rings is 1. The Kier molecular flexibility index (Phi) is 7.80. The van der Waals surface area contributed by atoms with Crippen molar-refractivity contribution in [3.63, 3.8) is 0 Å². The highest BCUT2D eigenvalue weighted by Gasteiger charge is 2.57. The highest BCUT2D eigenvalue weighted by Crippen LogP contribution is 2.61. The lowest BCUT2D eigenvalue weighted by Crippen LogP contribution is -2.62. The minimum atomic E-state index is -3.21. The molecule has 218 valence electrons. The zero-order valence-corrected chi connectivity index (χ0v) is 24.5. The number of anilines is 1. The van der Waals surface area contributed by atoms with Crippen LogP contribution in [0.25, 0.3) is 0 Å². The number of carbonyl (C=O) groups is 1. The Labute approximate surface area is 232 Å². The predicted molar refractivity (Wildman–Crippen MR) is 148 cm³/mol. The van der Waals surface area contributed by atoms with Gasteiger partial charge in [0.2, 0.25) is 15.9 Å². The van der Waals surface area contributed by atoms with Gasteiger partial charge in [0.15, 0.2) is 6.29 Å². The number of fused-ring (bicyclic) bond motifs is 2. The number of aliphatic hydroxyl groups excluding tert-OH is 2. The van der Waals surface area contributed by atoms with Crippen molar-refractivity contribution in [3.8, 4) is 0 Å². The molecule has 2 aliphatic heterocycles. The SMILES string of the molecule is C[C@@H]1[C@@H](NC(=O)[C@@H]2[C@H]([C@H](C)O)C(O)ON2Cc2cccc(N3CCN(S(C)(=O)=O)CC3)c2)C[C@H]2C[C@@H]1C2(C)C. The van der Waals surface area contributed by atoms with Gasteiger partial charge in [-0.1, -0.05) is 32.9 Å². The van der Waals surface area contributed by atoms with Gasteiger partial charge < -0.3 is 20.4 Å². The van der Waals surface area contributed by atoms with E-state index in [2.05, 4.69) is 31.0 Å². The van der Waals surface area contributed by atoms with Crippen molar-refractivity contribution in [2.24, 2.45) is 29.1 Å². The molecule has 2 bridgehead atoms. The number of nitrogens with zero attached hydrogens (tertiary/aromatic N) is 3. The Balaban J connectivity index is 1.29. The summed E-state index contributed by atoms with van der Waals surface area (Å²) in [7, 11) is -3.21. The van der Waals surface area contributed by atoms with E-state index >= 15 is 0 Å². The minimum absolute atomic E-state index is 0.0671. The molecule has 5 aliphatic rings. The Bertz CT molecular complexity index is 1170. The number of hydroxylamine groups is 2. The van der Waals surface area contributed by atoms with E-state index in [4.69, 9.17) is 4.84 Å². The molecule has 1 aromatic rings. The van der Waals surface area contributed by atoms with Crippen LogP contribution in [0.15, 0.2) is 24.3 Å². The van der Waals surface area contributed by atoms with Gasteiger partial charge in [-0.05, 0) is 60.6 Å². The molecule has 0 spiro atoms. The molecule has 5 fully saturated rings. The second kappa shape index (κ2) is 10.6. The van der Waals surface area contributed by atoms with Crippen molar-refractivity contribution in [2.75, 3.05) is 37.3 Å². The molecule has 2 saturated heterocycles. The van der Waals surface area contributed by atoms with E-state index in [0.717, 1.165) is 17.7 Å². The standard InChI is InChI=1S/C28H44N4O6S/c1-17-22-14-20(28(22,3)4)15-23(17)29-26(34)25-24(18(2)33)27(35)38-32(25)16-19-7-6-8-21(13-19)30-9-11-31(12-10-30)39(5,36)37/h6-8,13,17-18,20,22-25,27,33,35H,9-12,14-16H2,1-5H3,(H,29,34)/t17-,18-,20+,22-,23-,24-,25-,27?/m0/s1. The van der Waals surface area contributed by atoms with Gasteiger partial charge in [-0.25, -0.2) is 8.42 Å². The van der Waals surface area contributed by atoms with Crippen LogP contribution in [0.1, 0.15) is 46.1 Å². The summed E-state index contributed by atoms with van der Waals surface area (Å²) in [5.41, 5.74) is 2.17. The first-order valence-corrected chi connectivity index (χ1v) is 16.0. The van der Waals surface area contributed by atoms with Crippen LogP contribution in [-0.4, -0.2) is 90.8 Å². The highest BCUT2D eigenvalue weighted by molar-refractivity contribution is 7.88. The maximum absolute atomic E-state index is 13.7. The van der Waals surface area contributed by atoms with Crippen LogP contribution in [0, 0.1) is 29.1 Å². The van der Waals surface area contributed by atoms with Crippen LogP contribution in [0.5, 0.6) is 0 Å². The topological polar surface area (TPSA) is 123 Å². The molecule has 0 radical (unpaired) electrons. The molecule has 39 heavy (non-hydrogen) atoms. The molecule has 6 rings (SSSR count). The summed E-state index contributed by atoms with van der Waals surface area (Å²) in [6.45, 7) is 10.7. The number of piperazine rings is 1. The molecule has 10 nitrogen and oxygen atoms in total. The van der Waals surface area contributed by atoms with Crippen molar-refractivity contribution in [3.05, 3.63) is 29.8 Å². The summed E-state index contributed by atoms with van der Waals surface area (Å²) in [5.74, 6) is 0.542. The lowest BCUT2D eigenvalue weighted by atomic mass is 9.45. The van der Waals surface area contributed by atoms with Crippen molar-refractivity contribution in [1.29, 1.82) is 0 Å². The van der Waals surface area contributed by atoms with Crippen molar-refractivity contribution in [1.82, 2.24) is 14.7 Å². The zero-order chi connectivity index (χ0) is 28.3. The number of amides is 1. The van der Waals surface area contributed by atoms with Gasteiger partial charge in [-0.15, -0.1) is 0 Å². The molecule has 2 heterocycles. The number of sulfonamides is 1. The molecule has 1 amide bonds. The van der Waals surface area contributed by atoms with Gasteiger partial charge in [0.25, 0.3) is 0 Å². The Morgan fingerprint density at radius 2 is 1.90 bits per heavy atom. The first kappa shape index (κ1) is 28.8. The second-order valence-corrected chi connectivity index (χ2v) is 14.7. The molecule has 3 aliphatic carbocycles. The molecule has 8 atom stereocenters. The fourth-order valence-corrected chi connectivity index (χ4v) is 8.31. The number of nitrogens with one attached hydrogen (secondary N) is 1. The Morgan fingerprint density at radius 3 is 2.49 bits per heavy atom. The minimum Gasteiger partial charge on any atom is -0.393 e. The molecule has 1 aromatic carbocycles. The number of hydrogen-bond donors (Lipinski definition) is 3. The number of aliphatic hydroxyl groups is 2. The third-order valence-corrected chi connectivity index (χ3v) is 11.4. The molecule has 11 heteroatoms. The summed E-state index contributed by atoms with van der Waals surface area (Å²) in [6, 6.07) is 7.10. The average molecular weight is 565 g/mol. The van der Waals surface area contributed by atoms with Gasteiger partial charge in [0, 0.05) is 37.9 Å². The summed E-state index contributed by atoms with van der Waals surface area (Å²) < 4.78 is 25.2. The molecule has 0 aromatic heterocycles. The summed E-state index contributed by atoms with van der Waals surface area (Å²) >= 11 is 0. The molecule has 1 unspecified atom stereocenters. The third kappa shape index (κ3) is 5.46. The van der Waals surface area contributed by atoms with Crippen LogP contribution < -0.4 is 10.2 Å². The monoisotopic (exact) mass is 564 g/mol. The Hall–Kier alpha value is -1.76. The third-order valence-electron chi connectivity index (χ3n) is 10.1. The van der Waals surface area contributed by atoms with Gasteiger partial charge >= 0.3 is 0 Å². The van der Waals surface area contributed by atoms with Gasteiger partial charge in [-0.3, -0.25) is 9.63 Å². The quantitative estimate of drug-likeness (QED) is 0.454. The van der Waals surface area contributed by atoms with Gasteiger partial charge in [-0.2, -0.15) is 9.37 Å². The van der Waals surface area contributed by atoms with E-state index in [-0.39, 0.29) is 18.5 Å². The number of carbonyl (C=O) groups excluding carboxylic acids is 1. The summed E-state index contributed by atoms with van der Waals surface area (Å²) in [4.78, 5) is 21.6. The fraction of sp³-hybridized carbons (Fsp3) is 0.750. The molecular weight excluding hydrogens is 520 g/mol. The average Bonchev–Trinajstić information content (AvgIpc) is 3.20. The number of hydrogen-bond acceptors (Lipinski definition) is 8. The maximum atomic E-state index is 13.7. The predicted octanol–water partition coefficient (Wildman–Crippen LogP) is 1.39. The van der Waals surface area contributed by atoms with Crippen LogP contribution >= 0.6 is 0 Å². The van der Waals surface area contributed by atoms with Crippen molar-refractivity contribution < 1.29 is 28.3 Å². The largest absolute Gasteiger partial charge is 0.393 e. The van der Waals surface area contributed by atoms with Crippen molar-refractivity contribution in [2.45, 2.75) is 71.6 Å². The van der Waals surface area contributed by atoms with E-state index in [1.807, 2.05) is 24.3 Å². The van der Waals surface area contributed by atoms with E-state index in [1.165, 1.54) is 22.0 Å². The molecule has 3 N–H and O–H groups in total. The van der Waals surface area contributed by atoms with Gasteiger partial charge in [0.1, 0.15) is 6.04 Å². The lowest BCUT2D eigenvalue weighted by molar-refractivity contribution is -0.231. The van der Waals surface area contributed by atoms with Crippen LogP contribution in [0.3, 0.4) is 0 Å². The van der Waals surface area contributed by atoms with E-state index in [0.29, 0.717) is 49.3 Å².